The van der Waals surface area contributed by atoms with E-state index in [1.807, 2.05) is 4.90 Å². The molecule has 1 aromatic carbocycles. The Bertz CT molecular complexity index is 356. The highest BCUT2D eigenvalue weighted by molar-refractivity contribution is 5.88. The van der Waals surface area contributed by atoms with Gasteiger partial charge in [-0.05, 0) is 37.1 Å². The number of carbonyl (C=O) groups is 1. The molecule has 0 bridgehead atoms. The molecule has 0 aliphatic rings. The van der Waals surface area contributed by atoms with Crippen molar-refractivity contribution in [2.45, 2.75) is 12.8 Å². The minimum absolute atomic E-state index is 0.114. The molecule has 0 amide bonds. The van der Waals surface area contributed by atoms with Gasteiger partial charge < -0.3 is 20.2 Å². The maximum Gasteiger partial charge on any atom is 0.335 e. The highest BCUT2D eigenvalue weighted by atomic mass is 16.4. The topological polar surface area (TPSA) is 81.0 Å². The minimum atomic E-state index is -0.946. The van der Waals surface area contributed by atoms with Gasteiger partial charge in [0.05, 0.1) is 5.56 Å². The Morgan fingerprint density at radius 1 is 1.00 bits per heavy atom. The summed E-state index contributed by atoms with van der Waals surface area (Å²) in [5.74, 6) is -0.946. The second-order valence-corrected chi connectivity index (χ2v) is 3.99. The molecular weight excluding hydrogens is 234 g/mol. The molecule has 0 atom stereocenters. The molecule has 5 nitrogen and oxygen atoms in total. The fraction of sp³-hybridized carbons (Fsp3) is 0.462. The average molecular weight is 253 g/mol. The normalized spacial score (nSPS) is 10.3. The van der Waals surface area contributed by atoms with Gasteiger partial charge in [-0.2, -0.15) is 0 Å². The van der Waals surface area contributed by atoms with Crippen molar-refractivity contribution in [2.24, 2.45) is 0 Å². The molecule has 0 saturated heterocycles. The summed E-state index contributed by atoms with van der Waals surface area (Å²) in [4.78, 5) is 12.8. The number of anilines is 1. The van der Waals surface area contributed by atoms with E-state index in [9.17, 15) is 4.79 Å². The lowest BCUT2D eigenvalue weighted by molar-refractivity contribution is 0.0697. The highest BCUT2D eigenvalue weighted by Crippen LogP contribution is 2.16. The fourth-order valence-corrected chi connectivity index (χ4v) is 1.71. The molecule has 0 radical (unpaired) electrons. The van der Waals surface area contributed by atoms with E-state index in [-0.39, 0.29) is 18.8 Å². The molecule has 0 unspecified atom stereocenters. The predicted octanol–water partition coefficient (Wildman–Crippen LogP) is 0.956. The van der Waals surface area contributed by atoms with Crippen LogP contribution in [0.3, 0.4) is 0 Å². The van der Waals surface area contributed by atoms with Gasteiger partial charge in [0.15, 0.2) is 0 Å². The van der Waals surface area contributed by atoms with Crippen LogP contribution in [-0.2, 0) is 0 Å². The van der Waals surface area contributed by atoms with Crippen LogP contribution in [0.1, 0.15) is 23.2 Å². The van der Waals surface area contributed by atoms with Crippen molar-refractivity contribution in [3.63, 3.8) is 0 Å². The van der Waals surface area contributed by atoms with Crippen molar-refractivity contribution in [3.8, 4) is 0 Å². The van der Waals surface area contributed by atoms with Gasteiger partial charge in [0, 0.05) is 32.0 Å². The van der Waals surface area contributed by atoms with E-state index in [1.165, 1.54) is 0 Å². The van der Waals surface area contributed by atoms with Crippen molar-refractivity contribution < 1.29 is 20.1 Å². The third-order valence-corrected chi connectivity index (χ3v) is 2.65. The predicted molar refractivity (Wildman–Crippen MR) is 69.0 cm³/mol. The van der Waals surface area contributed by atoms with Gasteiger partial charge in [-0.3, -0.25) is 0 Å². The van der Waals surface area contributed by atoms with Crippen LogP contribution in [0.5, 0.6) is 0 Å². The number of hydrogen-bond acceptors (Lipinski definition) is 4. The first-order chi connectivity index (χ1) is 8.69. The van der Waals surface area contributed by atoms with Crippen molar-refractivity contribution in [2.75, 3.05) is 31.2 Å². The van der Waals surface area contributed by atoms with Crippen LogP contribution in [0.2, 0.25) is 0 Å². The number of rotatable bonds is 8. The molecule has 3 N–H and O–H groups in total. The second kappa shape index (κ2) is 7.68. The van der Waals surface area contributed by atoms with Gasteiger partial charge in [-0.25, -0.2) is 4.79 Å². The van der Waals surface area contributed by atoms with E-state index < -0.39 is 5.97 Å². The van der Waals surface area contributed by atoms with Crippen LogP contribution in [0.15, 0.2) is 24.3 Å². The molecule has 0 aliphatic heterocycles. The standard InChI is InChI=1S/C13H19NO4/c15-9-1-7-14(8-2-10-16)12-5-3-11(4-6-12)13(17)18/h3-6,15-16H,1-2,7-10H2,(H,17,18). The number of carboxylic acid groups (broad SMARTS) is 1. The minimum Gasteiger partial charge on any atom is -0.478 e. The van der Waals surface area contributed by atoms with Crippen molar-refractivity contribution in [1.82, 2.24) is 0 Å². The zero-order valence-corrected chi connectivity index (χ0v) is 10.2. The van der Waals surface area contributed by atoms with E-state index in [0.29, 0.717) is 25.9 Å². The molecule has 0 aliphatic carbocycles. The summed E-state index contributed by atoms with van der Waals surface area (Å²) in [5.41, 5.74) is 1.16. The van der Waals surface area contributed by atoms with Crippen LogP contribution >= 0.6 is 0 Å². The molecule has 0 fully saturated rings. The van der Waals surface area contributed by atoms with E-state index >= 15 is 0 Å². The lowest BCUT2D eigenvalue weighted by atomic mass is 10.2. The summed E-state index contributed by atoms with van der Waals surface area (Å²) < 4.78 is 0. The Morgan fingerprint density at radius 3 is 1.89 bits per heavy atom. The lowest BCUT2D eigenvalue weighted by Gasteiger charge is -2.24. The SMILES string of the molecule is O=C(O)c1ccc(N(CCCO)CCCO)cc1. The zero-order valence-electron chi connectivity index (χ0n) is 10.2. The summed E-state index contributed by atoms with van der Waals surface area (Å²) in [6, 6.07) is 6.61. The molecular formula is C13H19NO4. The monoisotopic (exact) mass is 253 g/mol. The van der Waals surface area contributed by atoms with Crippen LogP contribution in [0, 0.1) is 0 Å². The molecule has 0 spiro atoms. The molecule has 1 rings (SSSR count). The number of aliphatic hydroxyl groups excluding tert-OH is 2. The first kappa shape index (κ1) is 14.5. The van der Waals surface area contributed by atoms with Gasteiger partial charge in [-0.15, -0.1) is 0 Å². The quantitative estimate of drug-likeness (QED) is 0.643. The van der Waals surface area contributed by atoms with Crippen LogP contribution < -0.4 is 4.90 Å². The molecule has 100 valence electrons. The van der Waals surface area contributed by atoms with Crippen molar-refractivity contribution in [1.29, 1.82) is 0 Å². The summed E-state index contributed by atoms with van der Waals surface area (Å²) in [6.45, 7) is 1.59. The Hall–Kier alpha value is -1.59. The van der Waals surface area contributed by atoms with Gasteiger partial charge in [0.2, 0.25) is 0 Å². The molecule has 0 heterocycles. The molecule has 5 heteroatoms. The number of aliphatic hydroxyl groups is 2. The van der Waals surface area contributed by atoms with Gasteiger partial charge in [0.25, 0.3) is 0 Å². The number of nitrogens with zero attached hydrogens (tertiary/aromatic N) is 1. The molecule has 1 aromatic rings. The van der Waals surface area contributed by atoms with Crippen molar-refractivity contribution >= 4 is 11.7 Å². The summed E-state index contributed by atoms with van der Waals surface area (Å²) in [6.07, 6.45) is 1.29. The third kappa shape index (κ3) is 4.35. The maximum absolute atomic E-state index is 10.7. The number of aromatic carboxylic acids is 1. The molecule has 0 saturated carbocycles. The van der Waals surface area contributed by atoms with Crippen molar-refractivity contribution in [3.05, 3.63) is 29.8 Å². The summed E-state index contributed by atoms with van der Waals surface area (Å²) in [7, 11) is 0. The van der Waals surface area contributed by atoms with Crippen LogP contribution in [0.4, 0.5) is 5.69 Å². The molecule has 0 aromatic heterocycles. The van der Waals surface area contributed by atoms with E-state index in [4.69, 9.17) is 15.3 Å². The van der Waals surface area contributed by atoms with Gasteiger partial charge >= 0.3 is 5.97 Å². The van der Waals surface area contributed by atoms with Gasteiger partial charge in [-0.1, -0.05) is 0 Å². The first-order valence-electron chi connectivity index (χ1n) is 5.99. The Kier molecular flexibility index (Phi) is 6.18. The summed E-state index contributed by atoms with van der Waals surface area (Å²) >= 11 is 0. The second-order valence-electron chi connectivity index (χ2n) is 3.99. The molecule has 18 heavy (non-hydrogen) atoms. The third-order valence-electron chi connectivity index (χ3n) is 2.65. The Labute approximate surface area is 106 Å². The van der Waals surface area contributed by atoms with Crippen LogP contribution in [-0.4, -0.2) is 47.6 Å². The van der Waals surface area contributed by atoms with E-state index in [0.717, 1.165) is 5.69 Å². The average Bonchev–Trinajstić information content (AvgIpc) is 2.39. The first-order valence-corrected chi connectivity index (χ1v) is 5.99. The number of hydrogen-bond donors (Lipinski definition) is 3. The lowest BCUT2D eigenvalue weighted by Crippen LogP contribution is -2.27. The Balaban J connectivity index is 2.73. The number of benzene rings is 1. The fourth-order valence-electron chi connectivity index (χ4n) is 1.71. The zero-order chi connectivity index (χ0) is 13.4. The summed E-state index contributed by atoms with van der Waals surface area (Å²) in [5, 5.41) is 26.5. The van der Waals surface area contributed by atoms with E-state index in [1.54, 1.807) is 24.3 Å². The Morgan fingerprint density at radius 2 is 1.50 bits per heavy atom. The van der Waals surface area contributed by atoms with Crippen LogP contribution in [0.25, 0.3) is 0 Å². The number of carboxylic acids is 1. The largest absolute Gasteiger partial charge is 0.478 e. The van der Waals surface area contributed by atoms with E-state index in [2.05, 4.69) is 0 Å². The highest BCUT2D eigenvalue weighted by Gasteiger charge is 2.07. The smallest absolute Gasteiger partial charge is 0.335 e. The van der Waals surface area contributed by atoms with Gasteiger partial charge in [0.1, 0.15) is 0 Å². The maximum atomic E-state index is 10.7.